The first-order chi connectivity index (χ1) is 17.6. The van der Waals surface area contributed by atoms with Crippen molar-refractivity contribution in [1.29, 1.82) is 0 Å². The molecule has 0 saturated heterocycles. The van der Waals surface area contributed by atoms with E-state index in [0.717, 1.165) is 49.7 Å². The van der Waals surface area contributed by atoms with Crippen molar-refractivity contribution in [3.8, 4) is 0 Å². The lowest BCUT2D eigenvalue weighted by atomic mass is 9.61. The van der Waals surface area contributed by atoms with Gasteiger partial charge in [0.05, 0.1) is 30.3 Å². The molecule has 0 aromatic rings. The van der Waals surface area contributed by atoms with Crippen molar-refractivity contribution in [3.63, 3.8) is 0 Å². The summed E-state index contributed by atoms with van der Waals surface area (Å²) >= 11 is 0. The lowest BCUT2D eigenvalue weighted by Crippen LogP contribution is -2.36. The van der Waals surface area contributed by atoms with E-state index < -0.39 is 23.7 Å². The minimum absolute atomic E-state index is 0.205. The van der Waals surface area contributed by atoms with Crippen LogP contribution in [-0.4, -0.2) is 46.2 Å². The molecular formula is C32H48O5. The number of unbranched alkanes of at least 4 members (excludes halogenated alkanes) is 1. The van der Waals surface area contributed by atoms with Crippen LogP contribution in [0.4, 0.5) is 0 Å². The number of rotatable bonds is 9. The van der Waals surface area contributed by atoms with Crippen molar-refractivity contribution in [2.45, 2.75) is 110 Å². The van der Waals surface area contributed by atoms with Gasteiger partial charge in [-0.1, -0.05) is 63.6 Å². The van der Waals surface area contributed by atoms with Crippen molar-refractivity contribution < 1.29 is 24.9 Å². The standard InChI is InChI=1S/C32H48O5/c1-5-6-18-37-30(36)32(16-17-32)29(35)14-9-21(2)26-12-13-27-23(8-7-15-31(26,27)4)10-11-24-19-25(33)20-28(34)22(24)3/h9-11,14,21,25-29,33-35H,3,5-8,12-13,15-20H2,1-2,4H3. The summed E-state index contributed by atoms with van der Waals surface area (Å²) in [5, 5.41) is 31.2. The summed E-state index contributed by atoms with van der Waals surface area (Å²) in [6, 6.07) is 0. The highest BCUT2D eigenvalue weighted by Crippen LogP contribution is 2.59. The molecular weight excluding hydrogens is 464 g/mol. The molecule has 0 aliphatic heterocycles. The maximum Gasteiger partial charge on any atom is 0.315 e. The van der Waals surface area contributed by atoms with E-state index in [1.54, 1.807) is 0 Å². The molecule has 5 nitrogen and oxygen atoms in total. The van der Waals surface area contributed by atoms with Gasteiger partial charge in [-0.05, 0) is 92.1 Å². The van der Waals surface area contributed by atoms with Gasteiger partial charge in [-0.15, -0.1) is 0 Å². The summed E-state index contributed by atoms with van der Waals surface area (Å²) in [4.78, 5) is 12.6. The molecule has 4 rings (SSSR count). The summed E-state index contributed by atoms with van der Waals surface area (Å²) < 4.78 is 5.44. The fourth-order valence-corrected chi connectivity index (χ4v) is 7.42. The van der Waals surface area contributed by atoms with Crippen LogP contribution >= 0.6 is 0 Å². The minimum atomic E-state index is -0.781. The Morgan fingerprint density at radius 3 is 2.65 bits per heavy atom. The van der Waals surface area contributed by atoms with Crippen LogP contribution in [0.5, 0.6) is 0 Å². The number of hydrogen-bond acceptors (Lipinski definition) is 5. The zero-order chi connectivity index (χ0) is 26.8. The van der Waals surface area contributed by atoms with E-state index in [1.807, 2.05) is 6.08 Å². The monoisotopic (exact) mass is 512 g/mol. The van der Waals surface area contributed by atoms with Crippen LogP contribution in [0.1, 0.15) is 91.4 Å². The molecule has 3 N–H and O–H groups in total. The first kappa shape index (κ1) is 28.3. The first-order valence-corrected chi connectivity index (χ1v) is 14.6. The predicted octanol–water partition coefficient (Wildman–Crippen LogP) is 5.80. The predicted molar refractivity (Wildman–Crippen MR) is 147 cm³/mol. The summed E-state index contributed by atoms with van der Waals surface area (Å²) in [6.07, 6.45) is 16.4. The lowest BCUT2D eigenvalue weighted by molar-refractivity contribution is -0.153. The zero-order valence-corrected chi connectivity index (χ0v) is 23.1. The average Bonchev–Trinajstić information content (AvgIpc) is 3.60. The molecule has 0 aromatic carbocycles. The van der Waals surface area contributed by atoms with Crippen LogP contribution in [0, 0.1) is 28.6 Å². The Bertz CT molecular complexity index is 941. The fourth-order valence-electron chi connectivity index (χ4n) is 7.42. The van der Waals surface area contributed by atoms with Crippen LogP contribution in [0.2, 0.25) is 0 Å². The molecule has 4 fully saturated rings. The quantitative estimate of drug-likeness (QED) is 0.206. The van der Waals surface area contributed by atoms with Gasteiger partial charge in [0.1, 0.15) is 0 Å². The van der Waals surface area contributed by atoms with Gasteiger partial charge in [0, 0.05) is 6.42 Å². The number of ether oxygens (including phenoxy) is 1. The second kappa shape index (κ2) is 11.6. The van der Waals surface area contributed by atoms with Crippen molar-refractivity contribution >= 4 is 5.97 Å². The van der Waals surface area contributed by atoms with Gasteiger partial charge in [0.25, 0.3) is 0 Å². The molecule has 0 bridgehead atoms. The number of carbonyl (C=O) groups is 1. The summed E-state index contributed by atoms with van der Waals surface area (Å²) in [5.74, 6) is 1.13. The number of hydrogen-bond donors (Lipinski definition) is 3. The largest absolute Gasteiger partial charge is 0.465 e. The van der Waals surface area contributed by atoms with E-state index >= 15 is 0 Å². The summed E-state index contributed by atoms with van der Waals surface area (Å²) in [6.45, 7) is 11.3. The molecule has 0 aromatic heterocycles. The van der Waals surface area contributed by atoms with E-state index in [2.05, 4.69) is 45.6 Å². The first-order valence-electron chi connectivity index (χ1n) is 14.6. The Labute approximate surface area is 223 Å². The van der Waals surface area contributed by atoms with Crippen LogP contribution in [0.3, 0.4) is 0 Å². The molecule has 0 heterocycles. The minimum Gasteiger partial charge on any atom is -0.465 e. The summed E-state index contributed by atoms with van der Waals surface area (Å²) in [7, 11) is 0. The smallest absolute Gasteiger partial charge is 0.315 e. The van der Waals surface area contributed by atoms with Crippen LogP contribution in [-0.2, 0) is 9.53 Å². The second-order valence-electron chi connectivity index (χ2n) is 12.5. The average molecular weight is 513 g/mol. The molecule has 0 radical (unpaired) electrons. The van der Waals surface area contributed by atoms with E-state index in [1.165, 1.54) is 12.0 Å². The number of allylic oxidation sites excluding steroid dienone is 4. The third kappa shape index (κ3) is 5.84. The van der Waals surface area contributed by atoms with Gasteiger partial charge in [-0.3, -0.25) is 4.79 Å². The molecule has 7 atom stereocenters. The Balaban J connectivity index is 1.42. The van der Waals surface area contributed by atoms with Gasteiger partial charge in [0.2, 0.25) is 0 Å². The highest BCUT2D eigenvalue weighted by atomic mass is 16.5. The van der Waals surface area contributed by atoms with Gasteiger partial charge in [-0.2, -0.15) is 0 Å². The molecule has 4 aliphatic carbocycles. The van der Waals surface area contributed by atoms with Crippen LogP contribution in [0.25, 0.3) is 0 Å². The highest BCUT2D eigenvalue weighted by molar-refractivity contribution is 5.81. The van der Waals surface area contributed by atoms with Gasteiger partial charge in [-0.25, -0.2) is 0 Å². The molecule has 5 heteroatoms. The third-order valence-electron chi connectivity index (χ3n) is 10.0. The Hall–Kier alpha value is -1.69. The normalized spacial score (nSPS) is 37.1. The number of fused-ring (bicyclic) bond motifs is 1. The molecule has 4 aliphatic rings. The molecule has 7 unspecified atom stereocenters. The van der Waals surface area contributed by atoms with Gasteiger partial charge in [0.15, 0.2) is 0 Å². The van der Waals surface area contributed by atoms with Crippen LogP contribution in [0.15, 0.2) is 47.6 Å². The van der Waals surface area contributed by atoms with Crippen molar-refractivity contribution in [2.24, 2.45) is 28.6 Å². The number of esters is 1. The lowest BCUT2D eigenvalue weighted by Gasteiger charge is -2.44. The van der Waals surface area contributed by atoms with E-state index in [4.69, 9.17) is 4.74 Å². The number of aliphatic hydroxyl groups excluding tert-OH is 3. The van der Waals surface area contributed by atoms with E-state index in [-0.39, 0.29) is 11.4 Å². The maximum absolute atomic E-state index is 12.6. The van der Waals surface area contributed by atoms with Crippen molar-refractivity contribution in [1.82, 2.24) is 0 Å². The van der Waals surface area contributed by atoms with Crippen LogP contribution < -0.4 is 0 Å². The Morgan fingerprint density at radius 1 is 1.19 bits per heavy atom. The number of aliphatic hydroxyl groups is 3. The van der Waals surface area contributed by atoms with Crippen molar-refractivity contribution in [2.75, 3.05) is 6.61 Å². The molecule has 0 spiro atoms. The van der Waals surface area contributed by atoms with E-state index in [0.29, 0.717) is 50.0 Å². The Kier molecular flexibility index (Phi) is 8.87. The number of carbonyl (C=O) groups excluding carboxylic acids is 1. The van der Waals surface area contributed by atoms with Gasteiger partial charge < -0.3 is 20.1 Å². The zero-order valence-electron chi connectivity index (χ0n) is 23.1. The van der Waals surface area contributed by atoms with Gasteiger partial charge >= 0.3 is 5.97 Å². The molecule has 4 saturated carbocycles. The van der Waals surface area contributed by atoms with E-state index in [9.17, 15) is 20.1 Å². The Morgan fingerprint density at radius 2 is 1.95 bits per heavy atom. The van der Waals surface area contributed by atoms with Crippen molar-refractivity contribution in [3.05, 3.63) is 47.6 Å². The second-order valence-corrected chi connectivity index (χ2v) is 12.5. The molecule has 206 valence electrons. The summed E-state index contributed by atoms with van der Waals surface area (Å²) in [5.41, 5.74) is 2.66. The highest BCUT2D eigenvalue weighted by Gasteiger charge is 2.56. The third-order valence-corrected chi connectivity index (χ3v) is 10.0. The molecule has 37 heavy (non-hydrogen) atoms. The maximum atomic E-state index is 12.6. The molecule has 0 amide bonds. The topological polar surface area (TPSA) is 87.0 Å². The SMILES string of the molecule is C=C1C(=CC=C2CCCC3(C)C2CCC3C(C)C=CC(O)C2(C(=O)OCCCC)CC2)CC(O)CC1O. The fraction of sp³-hybridized carbons (Fsp3) is 0.719.